The minimum absolute atomic E-state index is 0.0777. The number of sulfonamides is 1. The first-order chi connectivity index (χ1) is 12.8. The van der Waals surface area contributed by atoms with Crippen LogP contribution in [0.4, 0.5) is 0 Å². The van der Waals surface area contributed by atoms with E-state index in [1.165, 1.54) is 0 Å². The van der Waals surface area contributed by atoms with Gasteiger partial charge in [0.25, 0.3) is 0 Å². The molecule has 0 aliphatic rings. The lowest BCUT2D eigenvalue weighted by molar-refractivity contribution is 0.271. The van der Waals surface area contributed by atoms with E-state index in [0.717, 1.165) is 11.3 Å². The van der Waals surface area contributed by atoms with Crippen molar-refractivity contribution in [2.45, 2.75) is 40.2 Å². The highest BCUT2D eigenvalue weighted by Crippen LogP contribution is 2.18. The highest BCUT2D eigenvalue weighted by Gasteiger charge is 2.09. The Morgan fingerprint density at radius 1 is 1.15 bits per heavy atom. The second kappa shape index (κ2) is 11.8. The number of guanidine groups is 1. The Hall–Kier alpha value is -1.80. The number of aliphatic imine (C=N–C) groups is 1. The molecule has 1 rings (SSSR count). The van der Waals surface area contributed by atoms with Crippen LogP contribution in [-0.2, 0) is 10.0 Å². The zero-order valence-electron chi connectivity index (χ0n) is 17.1. The predicted molar refractivity (Wildman–Crippen MR) is 112 cm³/mol. The third-order valence-electron chi connectivity index (χ3n) is 3.89. The number of nitrogens with zero attached hydrogens (tertiary/aromatic N) is 1. The molecule has 0 aromatic heterocycles. The van der Waals surface area contributed by atoms with Crippen molar-refractivity contribution in [2.24, 2.45) is 10.9 Å². The SMILES string of the molecule is CCS(=O)(=O)NCCCNC(=NC)NC(C)c1ccc(OCC(C)C)cc1. The molecule has 0 amide bonds. The lowest BCUT2D eigenvalue weighted by Crippen LogP contribution is -2.40. The fourth-order valence-corrected chi connectivity index (χ4v) is 2.88. The van der Waals surface area contributed by atoms with Gasteiger partial charge in [0.05, 0.1) is 18.4 Å². The zero-order valence-corrected chi connectivity index (χ0v) is 17.9. The summed E-state index contributed by atoms with van der Waals surface area (Å²) >= 11 is 0. The first-order valence-corrected chi connectivity index (χ1v) is 11.1. The number of benzene rings is 1. The summed E-state index contributed by atoms with van der Waals surface area (Å²) in [7, 11) is -1.41. The lowest BCUT2D eigenvalue weighted by Gasteiger charge is -2.19. The third-order valence-corrected chi connectivity index (χ3v) is 5.29. The Bertz CT molecular complexity index is 673. The van der Waals surface area contributed by atoms with Crippen molar-refractivity contribution in [3.05, 3.63) is 29.8 Å². The highest BCUT2D eigenvalue weighted by molar-refractivity contribution is 7.89. The molecule has 0 saturated heterocycles. The summed E-state index contributed by atoms with van der Waals surface area (Å²) in [6.45, 7) is 9.67. The van der Waals surface area contributed by atoms with Crippen molar-refractivity contribution >= 4 is 16.0 Å². The molecule has 0 spiro atoms. The van der Waals surface area contributed by atoms with Gasteiger partial charge in [-0.15, -0.1) is 0 Å². The van der Waals surface area contributed by atoms with Crippen molar-refractivity contribution in [3.63, 3.8) is 0 Å². The molecule has 1 atom stereocenters. The molecule has 8 heteroatoms. The van der Waals surface area contributed by atoms with Crippen molar-refractivity contribution < 1.29 is 13.2 Å². The summed E-state index contributed by atoms with van der Waals surface area (Å²) in [6.07, 6.45) is 0.677. The van der Waals surface area contributed by atoms with Crippen LogP contribution < -0.4 is 20.1 Å². The van der Waals surface area contributed by atoms with E-state index < -0.39 is 10.0 Å². The van der Waals surface area contributed by atoms with E-state index in [2.05, 4.69) is 41.1 Å². The van der Waals surface area contributed by atoms with Gasteiger partial charge in [-0.05, 0) is 43.9 Å². The van der Waals surface area contributed by atoms with Crippen LogP contribution in [0.1, 0.15) is 45.7 Å². The molecule has 0 fully saturated rings. The van der Waals surface area contributed by atoms with Crippen LogP contribution in [0.3, 0.4) is 0 Å². The molecule has 1 aromatic carbocycles. The average molecular weight is 399 g/mol. The van der Waals surface area contributed by atoms with E-state index in [-0.39, 0.29) is 11.8 Å². The molecule has 27 heavy (non-hydrogen) atoms. The fraction of sp³-hybridized carbons (Fsp3) is 0.632. The van der Waals surface area contributed by atoms with E-state index in [1.807, 2.05) is 24.3 Å². The Morgan fingerprint density at radius 3 is 2.37 bits per heavy atom. The highest BCUT2D eigenvalue weighted by atomic mass is 32.2. The van der Waals surface area contributed by atoms with Gasteiger partial charge in [0.1, 0.15) is 5.75 Å². The molecule has 0 bridgehead atoms. The molecule has 3 N–H and O–H groups in total. The van der Waals surface area contributed by atoms with Crippen LogP contribution in [0.25, 0.3) is 0 Å². The van der Waals surface area contributed by atoms with Crippen molar-refractivity contribution in [2.75, 3.05) is 32.5 Å². The molecule has 1 aromatic rings. The quantitative estimate of drug-likeness (QED) is 0.302. The van der Waals surface area contributed by atoms with Crippen molar-refractivity contribution in [3.8, 4) is 5.75 Å². The molecule has 0 saturated carbocycles. The van der Waals surface area contributed by atoms with E-state index >= 15 is 0 Å². The topological polar surface area (TPSA) is 91.8 Å². The van der Waals surface area contributed by atoms with Gasteiger partial charge >= 0.3 is 0 Å². The fourth-order valence-electron chi connectivity index (χ4n) is 2.22. The van der Waals surface area contributed by atoms with Gasteiger partial charge in [-0.3, -0.25) is 4.99 Å². The Balaban J connectivity index is 2.41. The minimum atomic E-state index is -3.13. The van der Waals surface area contributed by atoms with Crippen LogP contribution in [0, 0.1) is 5.92 Å². The second-order valence-electron chi connectivity index (χ2n) is 6.79. The maximum Gasteiger partial charge on any atom is 0.211 e. The maximum absolute atomic E-state index is 11.4. The molecule has 0 aliphatic heterocycles. The van der Waals surface area contributed by atoms with Crippen LogP contribution in [0.5, 0.6) is 5.75 Å². The summed E-state index contributed by atoms with van der Waals surface area (Å²) < 4.78 is 31.0. The van der Waals surface area contributed by atoms with Gasteiger partial charge < -0.3 is 15.4 Å². The van der Waals surface area contributed by atoms with Gasteiger partial charge in [-0.1, -0.05) is 26.0 Å². The van der Waals surface area contributed by atoms with Gasteiger partial charge in [0, 0.05) is 20.1 Å². The third kappa shape index (κ3) is 9.63. The maximum atomic E-state index is 11.4. The largest absolute Gasteiger partial charge is 0.493 e. The number of hydrogen-bond acceptors (Lipinski definition) is 4. The summed E-state index contributed by atoms with van der Waals surface area (Å²) in [4.78, 5) is 4.21. The van der Waals surface area contributed by atoms with Crippen LogP contribution in [0.2, 0.25) is 0 Å². The number of ether oxygens (including phenoxy) is 1. The van der Waals surface area contributed by atoms with Crippen molar-refractivity contribution in [1.29, 1.82) is 0 Å². The van der Waals surface area contributed by atoms with E-state index in [9.17, 15) is 8.42 Å². The number of nitrogens with one attached hydrogen (secondary N) is 3. The minimum Gasteiger partial charge on any atom is -0.493 e. The number of hydrogen-bond donors (Lipinski definition) is 3. The molecule has 1 unspecified atom stereocenters. The van der Waals surface area contributed by atoms with E-state index in [1.54, 1.807) is 14.0 Å². The Morgan fingerprint density at radius 2 is 1.81 bits per heavy atom. The standard InChI is InChI=1S/C19H34N4O3S/c1-6-27(24,25)22-13-7-12-21-19(20-5)23-16(4)17-8-10-18(11-9-17)26-14-15(2)3/h8-11,15-16,22H,6-7,12-14H2,1-5H3,(H2,20,21,23). The average Bonchev–Trinajstić information content (AvgIpc) is 2.65. The smallest absolute Gasteiger partial charge is 0.211 e. The molecular weight excluding hydrogens is 364 g/mol. The van der Waals surface area contributed by atoms with Crippen molar-refractivity contribution in [1.82, 2.24) is 15.4 Å². The first-order valence-electron chi connectivity index (χ1n) is 9.44. The molecular formula is C19H34N4O3S. The Kier molecular flexibility index (Phi) is 10.2. The molecule has 0 radical (unpaired) electrons. The molecule has 7 nitrogen and oxygen atoms in total. The van der Waals surface area contributed by atoms with Gasteiger partial charge in [-0.2, -0.15) is 0 Å². The second-order valence-corrected chi connectivity index (χ2v) is 8.89. The monoisotopic (exact) mass is 398 g/mol. The summed E-state index contributed by atoms with van der Waals surface area (Å²) in [6, 6.07) is 8.12. The zero-order chi connectivity index (χ0) is 20.3. The van der Waals surface area contributed by atoms with Gasteiger partial charge in [0.2, 0.25) is 10.0 Å². The van der Waals surface area contributed by atoms with Crippen LogP contribution >= 0.6 is 0 Å². The lowest BCUT2D eigenvalue weighted by atomic mass is 10.1. The van der Waals surface area contributed by atoms with E-state index in [0.29, 0.717) is 38.0 Å². The number of rotatable bonds is 11. The van der Waals surface area contributed by atoms with Crippen LogP contribution in [-0.4, -0.2) is 46.9 Å². The van der Waals surface area contributed by atoms with E-state index in [4.69, 9.17) is 4.74 Å². The summed E-state index contributed by atoms with van der Waals surface area (Å²) in [5.41, 5.74) is 1.13. The first kappa shape index (κ1) is 23.2. The van der Waals surface area contributed by atoms with Gasteiger partial charge in [0.15, 0.2) is 5.96 Å². The normalized spacial score (nSPS) is 13.5. The summed E-state index contributed by atoms with van der Waals surface area (Å²) in [5.74, 6) is 2.15. The van der Waals surface area contributed by atoms with Gasteiger partial charge in [-0.25, -0.2) is 13.1 Å². The molecule has 0 heterocycles. The Labute approximate surface area is 164 Å². The summed E-state index contributed by atoms with van der Waals surface area (Å²) in [5, 5.41) is 6.53. The molecule has 154 valence electrons. The van der Waals surface area contributed by atoms with Crippen LogP contribution in [0.15, 0.2) is 29.3 Å². The predicted octanol–water partition coefficient (Wildman–Crippen LogP) is 2.28. The molecule has 0 aliphatic carbocycles.